The molecule has 0 bridgehead atoms. The molecule has 1 aromatic rings. The van der Waals surface area contributed by atoms with E-state index in [1.54, 1.807) is 6.92 Å². The van der Waals surface area contributed by atoms with Gasteiger partial charge in [0.05, 0.1) is 0 Å². The van der Waals surface area contributed by atoms with Crippen molar-refractivity contribution in [3.8, 4) is 0 Å². The Labute approximate surface area is 76.1 Å². The first-order valence-electron chi connectivity index (χ1n) is 3.79. The van der Waals surface area contributed by atoms with E-state index in [9.17, 15) is 0 Å². The molecule has 0 radical (unpaired) electrons. The minimum Gasteiger partial charge on any atom is -0.460 e. The summed E-state index contributed by atoms with van der Waals surface area (Å²) in [4.78, 5) is 0. The standard InChI is InChI=1S/C8H12N4O/c1-5-3-4-7(13-5)6(2)11-12-8(9)10/h3-4H,1-2H3,(H4,9,10,12). The van der Waals surface area contributed by atoms with Crippen LogP contribution in [-0.4, -0.2) is 11.7 Å². The van der Waals surface area contributed by atoms with E-state index in [1.165, 1.54) is 0 Å². The first-order valence-corrected chi connectivity index (χ1v) is 3.79. The Hall–Kier alpha value is -1.78. The summed E-state index contributed by atoms with van der Waals surface area (Å²) in [5.74, 6) is 1.43. The molecule has 4 N–H and O–H groups in total. The van der Waals surface area contributed by atoms with Crippen molar-refractivity contribution in [2.75, 3.05) is 0 Å². The fourth-order valence-corrected chi connectivity index (χ4v) is 0.811. The molecule has 0 amide bonds. The van der Waals surface area contributed by atoms with E-state index in [2.05, 4.69) is 10.2 Å². The number of hydrogen-bond acceptors (Lipinski definition) is 3. The monoisotopic (exact) mass is 180 g/mol. The average Bonchev–Trinajstić information content (AvgIpc) is 2.47. The lowest BCUT2D eigenvalue weighted by molar-refractivity contribution is 0.525. The van der Waals surface area contributed by atoms with Crippen molar-refractivity contribution in [3.05, 3.63) is 23.7 Å². The van der Waals surface area contributed by atoms with Crippen LogP contribution in [-0.2, 0) is 0 Å². The zero-order valence-electron chi connectivity index (χ0n) is 7.61. The molecule has 0 fully saturated rings. The highest BCUT2D eigenvalue weighted by Crippen LogP contribution is 2.07. The number of aryl methyl sites for hydroxylation is 1. The van der Waals surface area contributed by atoms with Crippen LogP contribution in [0.25, 0.3) is 0 Å². The molecule has 0 aliphatic rings. The molecule has 0 unspecified atom stereocenters. The van der Waals surface area contributed by atoms with Gasteiger partial charge in [0.1, 0.15) is 17.2 Å². The molecule has 1 heterocycles. The van der Waals surface area contributed by atoms with E-state index in [1.807, 2.05) is 19.1 Å². The van der Waals surface area contributed by atoms with Gasteiger partial charge in [0, 0.05) is 0 Å². The van der Waals surface area contributed by atoms with Gasteiger partial charge in [0.15, 0.2) is 0 Å². The van der Waals surface area contributed by atoms with E-state index in [0.29, 0.717) is 11.5 Å². The maximum absolute atomic E-state index is 5.30. The van der Waals surface area contributed by atoms with Crippen LogP contribution in [0.5, 0.6) is 0 Å². The summed E-state index contributed by atoms with van der Waals surface area (Å²) in [7, 11) is 0. The highest BCUT2D eigenvalue weighted by Gasteiger charge is 2.01. The van der Waals surface area contributed by atoms with E-state index in [4.69, 9.17) is 15.9 Å². The highest BCUT2D eigenvalue weighted by molar-refractivity contribution is 5.96. The molecule has 1 rings (SSSR count). The van der Waals surface area contributed by atoms with Gasteiger partial charge in [-0.25, -0.2) is 0 Å². The summed E-state index contributed by atoms with van der Waals surface area (Å²) < 4.78 is 5.30. The van der Waals surface area contributed by atoms with Crippen LogP contribution in [0.15, 0.2) is 26.8 Å². The molecule has 0 aliphatic heterocycles. The second kappa shape index (κ2) is 3.75. The van der Waals surface area contributed by atoms with Gasteiger partial charge >= 0.3 is 0 Å². The van der Waals surface area contributed by atoms with Crippen molar-refractivity contribution in [1.29, 1.82) is 0 Å². The van der Waals surface area contributed by atoms with Crippen LogP contribution in [0.2, 0.25) is 0 Å². The van der Waals surface area contributed by atoms with Gasteiger partial charge in [-0.2, -0.15) is 0 Å². The molecule has 0 aliphatic carbocycles. The van der Waals surface area contributed by atoms with Crippen molar-refractivity contribution in [3.63, 3.8) is 0 Å². The van der Waals surface area contributed by atoms with Gasteiger partial charge in [0.25, 0.3) is 0 Å². The van der Waals surface area contributed by atoms with Crippen LogP contribution in [0, 0.1) is 6.92 Å². The third-order valence-electron chi connectivity index (χ3n) is 1.41. The van der Waals surface area contributed by atoms with Gasteiger partial charge in [-0.15, -0.1) is 10.2 Å². The molecule has 0 saturated heterocycles. The zero-order valence-corrected chi connectivity index (χ0v) is 7.61. The topological polar surface area (TPSA) is 89.9 Å². The minimum atomic E-state index is -0.0670. The molecule has 70 valence electrons. The average molecular weight is 180 g/mol. The Bertz CT molecular complexity index is 347. The van der Waals surface area contributed by atoms with Gasteiger partial charge in [-0.3, -0.25) is 0 Å². The van der Waals surface area contributed by atoms with Crippen LogP contribution < -0.4 is 11.5 Å². The quantitative estimate of drug-likeness (QED) is 0.396. The Morgan fingerprint density at radius 3 is 2.46 bits per heavy atom. The second-order valence-electron chi connectivity index (χ2n) is 2.62. The first-order chi connectivity index (χ1) is 6.09. The molecular formula is C8H12N4O. The Balaban J connectivity index is 2.85. The molecule has 0 spiro atoms. The summed E-state index contributed by atoms with van der Waals surface area (Å²) in [6, 6.07) is 3.67. The normalized spacial score (nSPS) is 11.4. The van der Waals surface area contributed by atoms with E-state index < -0.39 is 0 Å². The molecular weight excluding hydrogens is 168 g/mol. The lowest BCUT2D eigenvalue weighted by Crippen LogP contribution is -2.22. The van der Waals surface area contributed by atoms with E-state index in [-0.39, 0.29) is 5.96 Å². The predicted octanol–water partition coefficient (Wildman–Crippen LogP) is 0.585. The number of nitrogens with two attached hydrogens (primary N) is 2. The molecule has 0 aromatic carbocycles. The Kier molecular flexibility index (Phi) is 2.69. The van der Waals surface area contributed by atoms with Crippen molar-refractivity contribution in [2.24, 2.45) is 21.7 Å². The highest BCUT2D eigenvalue weighted by atomic mass is 16.3. The van der Waals surface area contributed by atoms with Crippen LogP contribution in [0.4, 0.5) is 0 Å². The molecule has 5 heteroatoms. The second-order valence-corrected chi connectivity index (χ2v) is 2.62. The molecule has 5 nitrogen and oxygen atoms in total. The summed E-state index contributed by atoms with van der Waals surface area (Å²) >= 11 is 0. The number of furan rings is 1. The summed E-state index contributed by atoms with van der Waals surface area (Å²) in [5, 5.41) is 7.28. The summed E-state index contributed by atoms with van der Waals surface area (Å²) in [5.41, 5.74) is 10.9. The van der Waals surface area contributed by atoms with Crippen molar-refractivity contribution < 1.29 is 4.42 Å². The Morgan fingerprint density at radius 1 is 1.31 bits per heavy atom. The van der Waals surface area contributed by atoms with Crippen LogP contribution in [0.1, 0.15) is 18.4 Å². The maximum Gasteiger partial charge on any atom is 0.211 e. The lowest BCUT2D eigenvalue weighted by atomic mass is 10.3. The van der Waals surface area contributed by atoms with Crippen LogP contribution >= 0.6 is 0 Å². The molecule has 13 heavy (non-hydrogen) atoms. The molecule has 0 atom stereocenters. The minimum absolute atomic E-state index is 0.0670. The molecule has 1 aromatic heterocycles. The fraction of sp³-hybridized carbons (Fsp3) is 0.250. The third-order valence-corrected chi connectivity index (χ3v) is 1.41. The number of hydrogen-bond donors (Lipinski definition) is 2. The summed E-state index contributed by atoms with van der Waals surface area (Å²) in [6.45, 7) is 3.63. The van der Waals surface area contributed by atoms with Gasteiger partial charge in [0.2, 0.25) is 5.96 Å². The molecule has 0 saturated carbocycles. The van der Waals surface area contributed by atoms with Crippen LogP contribution in [0.3, 0.4) is 0 Å². The zero-order chi connectivity index (χ0) is 9.84. The van der Waals surface area contributed by atoms with Crippen molar-refractivity contribution in [2.45, 2.75) is 13.8 Å². The largest absolute Gasteiger partial charge is 0.460 e. The number of rotatable bonds is 2. The number of guanidine groups is 1. The van der Waals surface area contributed by atoms with E-state index >= 15 is 0 Å². The summed E-state index contributed by atoms with van der Waals surface area (Å²) in [6.07, 6.45) is 0. The fourth-order valence-electron chi connectivity index (χ4n) is 0.811. The predicted molar refractivity (Wildman–Crippen MR) is 51.5 cm³/mol. The Morgan fingerprint density at radius 2 is 2.00 bits per heavy atom. The maximum atomic E-state index is 5.30. The first kappa shape index (κ1) is 9.31. The van der Waals surface area contributed by atoms with Gasteiger partial charge in [-0.05, 0) is 26.0 Å². The third kappa shape index (κ3) is 2.62. The smallest absolute Gasteiger partial charge is 0.211 e. The van der Waals surface area contributed by atoms with Crippen molar-refractivity contribution in [1.82, 2.24) is 0 Å². The SMILES string of the molecule is CC(=NN=C(N)N)c1ccc(C)o1. The van der Waals surface area contributed by atoms with E-state index in [0.717, 1.165) is 5.76 Å². The van der Waals surface area contributed by atoms with Crippen molar-refractivity contribution >= 4 is 11.7 Å². The van der Waals surface area contributed by atoms with Gasteiger partial charge < -0.3 is 15.9 Å². The lowest BCUT2D eigenvalue weighted by Gasteiger charge is -1.91. The number of nitrogens with zero attached hydrogens (tertiary/aromatic N) is 2. The van der Waals surface area contributed by atoms with Gasteiger partial charge in [-0.1, -0.05) is 0 Å².